The van der Waals surface area contributed by atoms with Gasteiger partial charge in [-0.05, 0) is 0 Å². The zero-order chi connectivity index (χ0) is 2.00. The van der Waals surface area contributed by atoms with Crippen molar-refractivity contribution in [3.8, 4) is 0 Å². The van der Waals surface area contributed by atoms with Crippen molar-refractivity contribution in [3.05, 3.63) is 0 Å². The first-order valence-corrected chi connectivity index (χ1v) is 0.636. The molecule has 1 nitrogen and oxygen atoms in total. The first kappa shape index (κ1) is 17.0. The average Bonchev–Trinajstić information content (AvgIpc) is 1.00. The first-order chi connectivity index (χ1) is 1.00. The molecular weight excluding hydrogens is 153 g/mol. The molecule has 0 aromatic rings. The number of rotatable bonds is 0. The van der Waals surface area contributed by atoms with E-state index in [1.807, 2.05) is 0 Å². The minimum absolute atomic E-state index is 0. The third-order valence-electron chi connectivity index (χ3n) is 0. The first-order valence-electron chi connectivity index (χ1n) is 0.154. The summed E-state index contributed by atoms with van der Waals surface area (Å²) < 4.78 is 8.06. The molecule has 0 spiro atoms. The van der Waals surface area contributed by atoms with Crippen LogP contribution in [0.1, 0.15) is 1.43 Å². The Bertz CT molecular complexity index is 11.6. The third-order valence-corrected chi connectivity index (χ3v) is 0. The molecule has 0 saturated carbocycles. The quantitative estimate of drug-likeness (QED) is 0.339. The Morgan fingerprint density at radius 2 is 1.50 bits per heavy atom. The normalized spacial score (nSPS) is 1.00. The summed E-state index contributed by atoms with van der Waals surface area (Å²) in [6.45, 7) is 0. The topological polar surface area (TPSA) is 17.1 Å². The molecule has 0 aliphatic rings. The van der Waals surface area contributed by atoms with Crippen molar-refractivity contribution in [2.24, 2.45) is 0 Å². The van der Waals surface area contributed by atoms with E-state index in [1.165, 1.54) is 0 Å². The van der Waals surface area contributed by atoms with Crippen LogP contribution in [0.5, 0.6) is 0 Å². The van der Waals surface area contributed by atoms with Gasteiger partial charge in [-0.1, -0.05) is 0 Å². The summed E-state index contributed by atoms with van der Waals surface area (Å²) >= 11 is 1.69. The second-order valence-electron chi connectivity index (χ2n) is 0. The van der Waals surface area contributed by atoms with Gasteiger partial charge in [-0.15, -0.1) is 0 Å². The molecule has 0 N–H and O–H groups in total. The zero-order valence-electron chi connectivity index (χ0n) is 3.10. The molecule has 0 heterocycles. The van der Waals surface area contributed by atoms with Crippen LogP contribution in [0.4, 0.5) is 0 Å². The van der Waals surface area contributed by atoms with E-state index in [2.05, 4.69) is 0 Å². The van der Waals surface area contributed by atoms with Crippen molar-refractivity contribution in [2.75, 3.05) is 0 Å². The molecule has 0 saturated heterocycles. The van der Waals surface area contributed by atoms with E-state index >= 15 is 0 Å². The maximum atomic E-state index is 8.06. The van der Waals surface area contributed by atoms with Gasteiger partial charge in [-0.2, -0.15) is 0 Å². The molecule has 0 fully saturated rings. The van der Waals surface area contributed by atoms with Gasteiger partial charge in [0.05, 0.1) is 0 Å². The summed E-state index contributed by atoms with van der Waals surface area (Å²) in [6.07, 6.45) is 0. The monoisotopic (exact) mass is 153 g/mol. The molecule has 0 unspecified atom stereocenters. The van der Waals surface area contributed by atoms with Crippen LogP contribution >= 0.6 is 0 Å². The van der Waals surface area contributed by atoms with Gasteiger partial charge in [-0.3, -0.25) is 0 Å². The Kier molecular flexibility index (Phi) is 90.6. The predicted molar refractivity (Wildman–Crippen MR) is 1.80 cm³/mol. The third kappa shape index (κ3) is 9.18. The molecule has 4 heavy (non-hydrogen) atoms. The van der Waals surface area contributed by atoms with Crippen LogP contribution in [-0.4, -0.2) is 0 Å². The molecule has 0 bridgehead atoms. The molecule has 0 aliphatic carbocycles. The van der Waals surface area contributed by atoms with E-state index in [4.69, 9.17) is 3.83 Å². The van der Waals surface area contributed by atoms with Crippen molar-refractivity contribution in [3.63, 3.8) is 0 Å². The van der Waals surface area contributed by atoms with Crippen LogP contribution in [0.25, 0.3) is 0 Å². The molecular formula is HMnNaNiO. The molecule has 4 heteroatoms. The van der Waals surface area contributed by atoms with Crippen LogP contribution in [0.15, 0.2) is 0 Å². The van der Waals surface area contributed by atoms with Gasteiger partial charge in [0, 0.05) is 16.5 Å². The van der Waals surface area contributed by atoms with Crippen molar-refractivity contribution in [1.82, 2.24) is 0 Å². The van der Waals surface area contributed by atoms with E-state index in [-0.39, 0.29) is 47.5 Å². The number of hydrogen-bond donors (Lipinski definition) is 0. The van der Waals surface area contributed by atoms with E-state index in [1.54, 1.807) is 15.9 Å². The van der Waals surface area contributed by atoms with E-state index in [0.717, 1.165) is 0 Å². The van der Waals surface area contributed by atoms with E-state index in [9.17, 15) is 0 Å². The van der Waals surface area contributed by atoms with Gasteiger partial charge in [0.15, 0.2) is 0 Å². The van der Waals surface area contributed by atoms with Crippen LogP contribution in [0.3, 0.4) is 0 Å². The fourth-order valence-electron chi connectivity index (χ4n) is 0. The molecule has 25 valence electrons. The van der Waals surface area contributed by atoms with Crippen LogP contribution in [-0.2, 0) is 36.3 Å². The summed E-state index contributed by atoms with van der Waals surface area (Å²) in [5.41, 5.74) is 0. The average molecular weight is 154 g/mol. The Labute approximate surface area is 66.6 Å². The Hall–Kier alpha value is 1.81. The Morgan fingerprint density at radius 1 is 1.50 bits per heavy atom. The van der Waals surface area contributed by atoms with Gasteiger partial charge in [0.25, 0.3) is 0 Å². The molecule has 0 rings (SSSR count). The van der Waals surface area contributed by atoms with Crippen LogP contribution in [0, 0.1) is 0 Å². The predicted octanol–water partition coefficient (Wildman–Crippen LogP) is -3.01. The maximum absolute atomic E-state index is 8.06. The van der Waals surface area contributed by atoms with Gasteiger partial charge in [-0.25, -0.2) is 0 Å². The second-order valence-corrected chi connectivity index (χ2v) is 0. The van der Waals surface area contributed by atoms with E-state index < -0.39 is 0 Å². The number of hydrogen-bond acceptors (Lipinski definition) is 1. The standard InChI is InChI=1S/Mn.Na.Ni.O.H/q;+1;;;-1. The van der Waals surface area contributed by atoms with Crippen molar-refractivity contribution in [1.29, 1.82) is 0 Å². The van der Waals surface area contributed by atoms with Crippen molar-refractivity contribution < 1.29 is 67.3 Å². The summed E-state index contributed by atoms with van der Waals surface area (Å²) in [7, 11) is 0. The summed E-state index contributed by atoms with van der Waals surface area (Å²) in [4.78, 5) is 0. The summed E-state index contributed by atoms with van der Waals surface area (Å²) in [5.74, 6) is 0. The fraction of sp³-hybridized carbons (Fsp3) is 0. The molecule has 0 aliphatic heterocycles. The molecule has 0 atom stereocenters. The molecule has 0 radical (unpaired) electrons. The SMILES string of the molecule is [H-].[Na+].[Ni].[O]=[Mn]. The van der Waals surface area contributed by atoms with Crippen molar-refractivity contribution in [2.45, 2.75) is 0 Å². The fourth-order valence-corrected chi connectivity index (χ4v) is 0. The van der Waals surface area contributed by atoms with Gasteiger partial charge < -0.3 is 1.43 Å². The van der Waals surface area contributed by atoms with Gasteiger partial charge in [0.1, 0.15) is 0 Å². The van der Waals surface area contributed by atoms with Crippen LogP contribution in [0.2, 0.25) is 0 Å². The van der Waals surface area contributed by atoms with Crippen LogP contribution < -0.4 is 29.6 Å². The molecule has 0 aromatic heterocycles. The van der Waals surface area contributed by atoms with Crippen molar-refractivity contribution >= 4 is 0 Å². The Balaban J connectivity index is -0.00000000167. The van der Waals surface area contributed by atoms with Gasteiger partial charge in [0.2, 0.25) is 0 Å². The zero-order valence-corrected chi connectivity index (χ0v) is 6.27. The second kappa shape index (κ2) is 21.3. The van der Waals surface area contributed by atoms with E-state index in [0.29, 0.717) is 0 Å². The molecule has 0 aromatic carbocycles. The summed E-state index contributed by atoms with van der Waals surface area (Å²) in [5, 5.41) is 0. The minimum atomic E-state index is 0. The molecule has 0 amide bonds. The van der Waals surface area contributed by atoms with Gasteiger partial charge >= 0.3 is 49.3 Å². The Morgan fingerprint density at radius 3 is 1.50 bits per heavy atom. The summed E-state index contributed by atoms with van der Waals surface area (Å²) in [6, 6.07) is 0.